The topological polar surface area (TPSA) is 57.9 Å². The number of morpholine rings is 1. The van der Waals surface area contributed by atoms with Gasteiger partial charge >= 0.3 is 0 Å². The van der Waals surface area contributed by atoms with E-state index in [9.17, 15) is 0 Å². The van der Waals surface area contributed by atoms with E-state index in [1.165, 1.54) is 11.1 Å². The molecule has 7 nitrogen and oxygen atoms in total. The first-order chi connectivity index (χ1) is 15.2. The Hall–Kier alpha value is -2.38. The van der Waals surface area contributed by atoms with Gasteiger partial charge in [0.1, 0.15) is 0 Å². The molecule has 1 aromatic heterocycles. The summed E-state index contributed by atoms with van der Waals surface area (Å²) in [4.78, 5) is 13.8. The van der Waals surface area contributed by atoms with Gasteiger partial charge in [-0.2, -0.15) is 0 Å². The molecule has 0 saturated carbocycles. The van der Waals surface area contributed by atoms with Gasteiger partial charge in [0.2, 0.25) is 0 Å². The molecule has 0 amide bonds. The monoisotopic (exact) mass is 424 g/mol. The lowest BCUT2D eigenvalue weighted by Crippen LogP contribution is -2.51. The molecule has 168 valence electrons. The molecule has 31 heavy (non-hydrogen) atoms. The van der Waals surface area contributed by atoms with Crippen LogP contribution in [0.5, 0.6) is 0 Å². The molecule has 2 fully saturated rings. The van der Waals surface area contributed by atoms with E-state index in [0.717, 1.165) is 58.3 Å². The lowest BCUT2D eigenvalue weighted by molar-refractivity contribution is 0.0168. The van der Waals surface area contributed by atoms with Crippen molar-refractivity contribution >= 4 is 5.96 Å². The largest absolute Gasteiger partial charge is 0.379 e. The van der Waals surface area contributed by atoms with Gasteiger partial charge in [0, 0.05) is 52.2 Å². The number of nitrogens with zero attached hydrogens (tertiary/aromatic N) is 5. The zero-order chi connectivity index (χ0) is 21.6. The van der Waals surface area contributed by atoms with Crippen molar-refractivity contribution < 1.29 is 4.74 Å². The number of aliphatic imine (C=N–C) groups is 1. The summed E-state index contributed by atoms with van der Waals surface area (Å²) in [6.07, 6.45) is 7.03. The standard InChI is InChI=1S/C24H36N6O/c1-19-5-4-6-21(15-19)22(28-11-13-31-14-12-28)16-27-24(25-3)29-9-7-20(2)23(17-29)30-10-8-26-18-30/h4-6,8,10,15,18,20,22-23H,7,9,11-14,16-17H2,1-3H3,(H,25,27). The van der Waals surface area contributed by atoms with Gasteiger partial charge in [-0.1, -0.05) is 36.8 Å². The summed E-state index contributed by atoms with van der Waals surface area (Å²) in [5, 5.41) is 3.70. The van der Waals surface area contributed by atoms with E-state index in [2.05, 4.69) is 74.0 Å². The Balaban J connectivity index is 1.46. The van der Waals surface area contributed by atoms with Crippen LogP contribution in [0.4, 0.5) is 0 Å². The predicted octanol–water partition coefficient (Wildman–Crippen LogP) is 2.72. The quantitative estimate of drug-likeness (QED) is 0.591. The summed E-state index contributed by atoms with van der Waals surface area (Å²) >= 11 is 0. The molecular formula is C24H36N6O. The number of benzene rings is 1. The van der Waals surface area contributed by atoms with Gasteiger partial charge in [0.15, 0.2) is 5.96 Å². The summed E-state index contributed by atoms with van der Waals surface area (Å²) in [5.74, 6) is 1.61. The van der Waals surface area contributed by atoms with Crippen molar-refractivity contribution in [2.45, 2.75) is 32.4 Å². The van der Waals surface area contributed by atoms with Crippen LogP contribution in [0, 0.1) is 12.8 Å². The number of likely N-dealkylation sites (tertiary alicyclic amines) is 1. The van der Waals surface area contributed by atoms with E-state index < -0.39 is 0 Å². The van der Waals surface area contributed by atoms with E-state index in [1.54, 1.807) is 0 Å². The first kappa shape index (κ1) is 21.8. The summed E-state index contributed by atoms with van der Waals surface area (Å²) in [7, 11) is 1.89. The van der Waals surface area contributed by atoms with Crippen LogP contribution in [0.15, 0.2) is 48.0 Å². The first-order valence-corrected chi connectivity index (χ1v) is 11.5. The smallest absolute Gasteiger partial charge is 0.193 e. The van der Waals surface area contributed by atoms with Gasteiger partial charge in [0.25, 0.3) is 0 Å². The van der Waals surface area contributed by atoms with Gasteiger partial charge in [-0.05, 0) is 24.8 Å². The van der Waals surface area contributed by atoms with E-state index in [4.69, 9.17) is 4.74 Å². The normalized spacial score (nSPS) is 24.2. The maximum Gasteiger partial charge on any atom is 0.193 e. The van der Waals surface area contributed by atoms with Crippen molar-refractivity contribution in [2.75, 3.05) is 53.0 Å². The molecule has 3 heterocycles. The molecule has 2 aromatic rings. The van der Waals surface area contributed by atoms with Crippen molar-refractivity contribution in [3.05, 3.63) is 54.1 Å². The molecule has 4 rings (SSSR count). The summed E-state index contributed by atoms with van der Waals surface area (Å²) in [5.41, 5.74) is 2.65. The fourth-order valence-electron chi connectivity index (χ4n) is 4.84. The van der Waals surface area contributed by atoms with Crippen LogP contribution in [0.2, 0.25) is 0 Å². The van der Waals surface area contributed by atoms with Crippen LogP contribution in [-0.4, -0.2) is 78.3 Å². The number of ether oxygens (including phenoxy) is 1. The van der Waals surface area contributed by atoms with Crippen LogP contribution in [0.25, 0.3) is 0 Å². The van der Waals surface area contributed by atoms with Crippen molar-refractivity contribution in [1.29, 1.82) is 0 Å². The average molecular weight is 425 g/mol. The van der Waals surface area contributed by atoms with Gasteiger partial charge in [-0.15, -0.1) is 0 Å². The van der Waals surface area contributed by atoms with Crippen molar-refractivity contribution in [1.82, 2.24) is 24.7 Å². The fraction of sp³-hybridized carbons (Fsp3) is 0.583. The van der Waals surface area contributed by atoms with Gasteiger partial charge in [0.05, 0.1) is 31.6 Å². The number of imidazole rings is 1. The van der Waals surface area contributed by atoms with Crippen molar-refractivity contribution in [3.8, 4) is 0 Å². The number of aryl methyl sites for hydroxylation is 1. The number of piperidine rings is 1. The van der Waals surface area contributed by atoms with Crippen LogP contribution in [0.1, 0.15) is 36.6 Å². The molecule has 3 atom stereocenters. The SMILES string of the molecule is CN=C(NCC(c1cccc(C)c1)N1CCOCC1)N1CCC(C)C(n2ccnc2)C1. The maximum absolute atomic E-state index is 5.61. The zero-order valence-electron chi connectivity index (χ0n) is 19.1. The van der Waals surface area contributed by atoms with Crippen molar-refractivity contribution in [2.24, 2.45) is 10.9 Å². The lowest BCUT2D eigenvalue weighted by Gasteiger charge is -2.40. The minimum Gasteiger partial charge on any atom is -0.379 e. The highest BCUT2D eigenvalue weighted by Crippen LogP contribution is 2.28. The molecule has 2 aliphatic heterocycles. The third-order valence-electron chi connectivity index (χ3n) is 6.70. The van der Waals surface area contributed by atoms with Crippen LogP contribution < -0.4 is 5.32 Å². The summed E-state index contributed by atoms with van der Waals surface area (Å²) < 4.78 is 7.85. The molecule has 0 radical (unpaired) electrons. The van der Waals surface area contributed by atoms with Gasteiger partial charge < -0.3 is 19.5 Å². The zero-order valence-corrected chi connectivity index (χ0v) is 19.1. The van der Waals surface area contributed by atoms with Crippen LogP contribution >= 0.6 is 0 Å². The van der Waals surface area contributed by atoms with Crippen molar-refractivity contribution in [3.63, 3.8) is 0 Å². The fourth-order valence-corrected chi connectivity index (χ4v) is 4.84. The average Bonchev–Trinajstić information content (AvgIpc) is 3.33. The predicted molar refractivity (Wildman–Crippen MR) is 124 cm³/mol. The molecule has 0 spiro atoms. The number of guanidine groups is 1. The highest BCUT2D eigenvalue weighted by molar-refractivity contribution is 5.80. The highest BCUT2D eigenvalue weighted by Gasteiger charge is 2.30. The molecule has 0 bridgehead atoms. The second-order valence-corrected chi connectivity index (χ2v) is 8.80. The Morgan fingerprint density at radius 2 is 2.13 bits per heavy atom. The minimum atomic E-state index is 0.300. The van der Waals surface area contributed by atoms with E-state index in [0.29, 0.717) is 18.0 Å². The molecule has 3 unspecified atom stereocenters. The Kier molecular flexibility index (Phi) is 7.25. The second kappa shape index (κ2) is 10.3. The lowest BCUT2D eigenvalue weighted by atomic mass is 9.93. The molecular weight excluding hydrogens is 388 g/mol. The molecule has 0 aliphatic carbocycles. The van der Waals surface area contributed by atoms with Gasteiger partial charge in [-0.25, -0.2) is 4.98 Å². The van der Waals surface area contributed by atoms with Crippen LogP contribution in [0.3, 0.4) is 0 Å². The Morgan fingerprint density at radius 1 is 1.29 bits per heavy atom. The van der Waals surface area contributed by atoms with E-state index in [-0.39, 0.29) is 0 Å². The number of nitrogens with one attached hydrogen (secondary N) is 1. The molecule has 2 aliphatic rings. The number of aromatic nitrogens is 2. The molecule has 7 heteroatoms. The Bertz CT molecular complexity index is 846. The molecule has 2 saturated heterocycles. The number of rotatable bonds is 5. The minimum absolute atomic E-state index is 0.300. The third kappa shape index (κ3) is 5.28. The Morgan fingerprint density at radius 3 is 2.84 bits per heavy atom. The second-order valence-electron chi connectivity index (χ2n) is 8.80. The van der Waals surface area contributed by atoms with E-state index in [1.807, 2.05) is 19.6 Å². The number of hydrogen-bond donors (Lipinski definition) is 1. The molecule has 1 aromatic carbocycles. The number of hydrogen-bond acceptors (Lipinski definition) is 4. The first-order valence-electron chi connectivity index (χ1n) is 11.5. The summed E-state index contributed by atoms with van der Waals surface area (Å²) in [6.45, 7) is 10.8. The Labute approximate surface area is 186 Å². The third-order valence-corrected chi connectivity index (χ3v) is 6.70. The maximum atomic E-state index is 5.61. The molecule has 1 N–H and O–H groups in total. The van der Waals surface area contributed by atoms with E-state index >= 15 is 0 Å². The summed E-state index contributed by atoms with van der Waals surface area (Å²) in [6, 6.07) is 9.60. The van der Waals surface area contributed by atoms with Gasteiger partial charge in [-0.3, -0.25) is 9.89 Å². The van der Waals surface area contributed by atoms with Crippen LogP contribution in [-0.2, 0) is 4.74 Å². The highest BCUT2D eigenvalue weighted by atomic mass is 16.5.